The quantitative estimate of drug-likeness (QED) is 0.843. The Hall–Kier alpha value is -0.520. The molecule has 3 heterocycles. The molecule has 1 spiro atoms. The van der Waals surface area contributed by atoms with E-state index in [2.05, 4.69) is 21.2 Å². The van der Waals surface area contributed by atoms with Gasteiger partial charge in [-0.25, -0.2) is 0 Å². The molecule has 1 amide bonds. The highest BCUT2D eigenvalue weighted by Crippen LogP contribution is 2.36. The Morgan fingerprint density at radius 1 is 1.47 bits per heavy atom. The summed E-state index contributed by atoms with van der Waals surface area (Å²) in [5.41, 5.74) is 1.11. The van der Waals surface area contributed by atoms with Crippen molar-refractivity contribution in [3.8, 4) is 0 Å². The van der Waals surface area contributed by atoms with E-state index in [9.17, 15) is 4.79 Å². The maximum Gasteiger partial charge on any atom is 0.270 e. The normalized spacial score (nSPS) is 25.9. The number of nitrogens with zero attached hydrogens (tertiary/aromatic N) is 2. The third-order valence-electron chi connectivity index (χ3n) is 4.25. The number of hydrogen-bond donors (Lipinski definition) is 1. The Morgan fingerprint density at radius 2 is 2.26 bits per heavy atom. The highest BCUT2D eigenvalue weighted by atomic mass is 79.9. The summed E-state index contributed by atoms with van der Waals surface area (Å²) in [6, 6.07) is 1.90. The fourth-order valence-corrected chi connectivity index (χ4v) is 3.68. The number of halogens is 2. The molecule has 0 saturated carbocycles. The second-order valence-corrected chi connectivity index (χ2v) is 6.47. The summed E-state index contributed by atoms with van der Waals surface area (Å²) in [6.07, 6.45) is 4.27. The van der Waals surface area contributed by atoms with Gasteiger partial charge in [0.05, 0.1) is 0 Å². The van der Waals surface area contributed by atoms with Crippen LogP contribution < -0.4 is 5.32 Å². The average Bonchev–Trinajstić information content (AvgIpc) is 3.02. The largest absolute Gasteiger partial charge is 0.345 e. The van der Waals surface area contributed by atoms with Crippen molar-refractivity contribution in [1.82, 2.24) is 14.8 Å². The highest BCUT2D eigenvalue weighted by molar-refractivity contribution is 9.10. The van der Waals surface area contributed by atoms with Gasteiger partial charge >= 0.3 is 0 Å². The Bertz CT molecular complexity index is 482. The molecule has 6 heteroatoms. The first kappa shape index (κ1) is 14.9. The lowest BCUT2D eigenvalue weighted by atomic mass is 9.87. The van der Waals surface area contributed by atoms with Crippen molar-refractivity contribution in [1.29, 1.82) is 0 Å². The minimum absolute atomic E-state index is 0. The third kappa shape index (κ3) is 2.69. The predicted molar refractivity (Wildman–Crippen MR) is 80.8 cm³/mol. The maximum absolute atomic E-state index is 12.5. The van der Waals surface area contributed by atoms with Gasteiger partial charge in [-0.3, -0.25) is 4.79 Å². The molecular weight excluding hydrogens is 330 g/mol. The molecule has 4 nitrogen and oxygen atoms in total. The molecular formula is C13H19BrClN3O. The third-order valence-corrected chi connectivity index (χ3v) is 4.68. The van der Waals surface area contributed by atoms with E-state index in [1.54, 1.807) is 0 Å². The van der Waals surface area contributed by atoms with Crippen LogP contribution in [0, 0.1) is 5.41 Å². The van der Waals surface area contributed by atoms with E-state index < -0.39 is 0 Å². The van der Waals surface area contributed by atoms with E-state index in [1.165, 1.54) is 6.42 Å². The number of hydrogen-bond acceptors (Lipinski definition) is 2. The van der Waals surface area contributed by atoms with E-state index in [1.807, 2.05) is 28.8 Å². The summed E-state index contributed by atoms with van der Waals surface area (Å²) in [5, 5.41) is 3.42. The van der Waals surface area contributed by atoms with E-state index in [0.29, 0.717) is 5.41 Å². The number of carbonyl (C=O) groups is 1. The van der Waals surface area contributed by atoms with Gasteiger partial charge < -0.3 is 14.8 Å². The van der Waals surface area contributed by atoms with Crippen LogP contribution in [0.2, 0.25) is 0 Å². The van der Waals surface area contributed by atoms with Crippen molar-refractivity contribution in [3.05, 3.63) is 22.4 Å². The number of carbonyl (C=O) groups excluding carboxylic acids is 1. The van der Waals surface area contributed by atoms with Gasteiger partial charge in [0.25, 0.3) is 5.91 Å². The standard InChI is InChI=1S/C13H18BrN3O.ClH/c1-16-7-10(14)6-11(16)12(18)17-5-3-13(9-17)2-4-15-8-13;/h6-7,15H,2-5,8-9H2,1H3;1H. The van der Waals surface area contributed by atoms with Crippen LogP contribution in [-0.4, -0.2) is 41.6 Å². The van der Waals surface area contributed by atoms with Crippen LogP contribution in [0.15, 0.2) is 16.7 Å². The molecule has 2 aliphatic rings. The van der Waals surface area contributed by atoms with E-state index >= 15 is 0 Å². The Morgan fingerprint density at radius 3 is 2.84 bits per heavy atom. The molecule has 0 aromatic carbocycles. The Balaban J connectivity index is 0.00000133. The smallest absolute Gasteiger partial charge is 0.270 e. The van der Waals surface area contributed by atoms with Crippen LogP contribution in [0.5, 0.6) is 0 Å². The molecule has 1 aromatic rings. The summed E-state index contributed by atoms with van der Waals surface area (Å²) in [6.45, 7) is 3.95. The number of aromatic nitrogens is 1. The summed E-state index contributed by atoms with van der Waals surface area (Å²) in [7, 11) is 1.92. The monoisotopic (exact) mass is 347 g/mol. The summed E-state index contributed by atoms with van der Waals surface area (Å²) >= 11 is 3.42. The molecule has 2 fully saturated rings. The molecule has 106 valence electrons. The number of amides is 1. The maximum atomic E-state index is 12.5. The molecule has 2 aliphatic heterocycles. The van der Waals surface area contributed by atoms with E-state index in [0.717, 1.165) is 42.8 Å². The molecule has 3 rings (SSSR count). The van der Waals surface area contributed by atoms with E-state index in [4.69, 9.17) is 0 Å². The minimum Gasteiger partial charge on any atom is -0.345 e. The lowest BCUT2D eigenvalue weighted by molar-refractivity contribution is 0.0766. The topological polar surface area (TPSA) is 37.3 Å². The van der Waals surface area contributed by atoms with Gasteiger partial charge in [-0.1, -0.05) is 0 Å². The highest BCUT2D eigenvalue weighted by Gasteiger charge is 2.42. The zero-order chi connectivity index (χ0) is 12.8. The fourth-order valence-electron chi connectivity index (χ4n) is 3.15. The number of rotatable bonds is 1. The van der Waals surface area contributed by atoms with Crippen LogP contribution in [0.3, 0.4) is 0 Å². The molecule has 0 aliphatic carbocycles. The van der Waals surface area contributed by atoms with Crippen LogP contribution in [0.1, 0.15) is 23.3 Å². The molecule has 19 heavy (non-hydrogen) atoms. The molecule has 1 unspecified atom stereocenters. The first-order valence-corrected chi connectivity index (χ1v) is 7.21. The van der Waals surface area contributed by atoms with Gasteiger partial charge in [0, 0.05) is 42.8 Å². The van der Waals surface area contributed by atoms with Crippen LogP contribution >= 0.6 is 28.3 Å². The number of nitrogens with one attached hydrogen (secondary N) is 1. The number of likely N-dealkylation sites (tertiary alicyclic amines) is 1. The first-order chi connectivity index (χ1) is 8.60. The van der Waals surface area contributed by atoms with Gasteiger partial charge in [-0.15, -0.1) is 12.4 Å². The second kappa shape index (κ2) is 5.46. The Kier molecular flexibility index (Phi) is 4.28. The lowest BCUT2D eigenvalue weighted by Gasteiger charge is -2.22. The van der Waals surface area contributed by atoms with Gasteiger partial charge in [0.2, 0.25) is 0 Å². The molecule has 0 bridgehead atoms. The second-order valence-electron chi connectivity index (χ2n) is 5.56. The summed E-state index contributed by atoms with van der Waals surface area (Å²) in [4.78, 5) is 14.5. The molecule has 2 saturated heterocycles. The Labute approximate surface area is 128 Å². The van der Waals surface area contributed by atoms with Gasteiger partial charge in [-0.05, 0) is 41.4 Å². The van der Waals surface area contributed by atoms with Gasteiger partial charge in [-0.2, -0.15) is 0 Å². The van der Waals surface area contributed by atoms with Crippen molar-refractivity contribution in [3.63, 3.8) is 0 Å². The zero-order valence-electron chi connectivity index (χ0n) is 11.0. The molecule has 1 atom stereocenters. The van der Waals surface area contributed by atoms with Crippen LogP contribution in [-0.2, 0) is 7.05 Å². The van der Waals surface area contributed by atoms with Crippen LogP contribution in [0.4, 0.5) is 0 Å². The fraction of sp³-hybridized carbons (Fsp3) is 0.615. The van der Waals surface area contributed by atoms with Crippen molar-refractivity contribution in [2.45, 2.75) is 12.8 Å². The SMILES string of the molecule is Cl.Cn1cc(Br)cc1C(=O)N1CCC2(CCNC2)C1. The van der Waals surface area contributed by atoms with Crippen molar-refractivity contribution >= 4 is 34.2 Å². The molecule has 1 N–H and O–H groups in total. The van der Waals surface area contributed by atoms with Crippen molar-refractivity contribution < 1.29 is 4.79 Å². The zero-order valence-corrected chi connectivity index (χ0v) is 13.4. The van der Waals surface area contributed by atoms with Crippen LogP contribution in [0.25, 0.3) is 0 Å². The molecule has 0 radical (unpaired) electrons. The summed E-state index contributed by atoms with van der Waals surface area (Å²) in [5.74, 6) is 0.159. The summed E-state index contributed by atoms with van der Waals surface area (Å²) < 4.78 is 2.86. The van der Waals surface area contributed by atoms with Crippen molar-refractivity contribution in [2.24, 2.45) is 12.5 Å². The lowest BCUT2D eigenvalue weighted by Crippen LogP contribution is -2.34. The van der Waals surface area contributed by atoms with Crippen molar-refractivity contribution in [2.75, 3.05) is 26.2 Å². The van der Waals surface area contributed by atoms with Gasteiger partial charge in [0.15, 0.2) is 0 Å². The van der Waals surface area contributed by atoms with Gasteiger partial charge in [0.1, 0.15) is 5.69 Å². The van der Waals surface area contributed by atoms with E-state index in [-0.39, 0.29) is 18.3 Å². The minimum atomic E-state index is 0. The number of aryl methyl sites for hydroxylation is 1. The predicted octanol–water partition coefficient (Wildman–Crippen LogP) is 2.03. The molecule has 1 aromatic heterocycles. The first-order valence-electron chi connectivity index (χ1n) is 6.42. The average molecular weight is 349 g/mol.